The zero-order valence-electron chi connectivity index (χ0n) is 18.4. The van der Waals surface area contributed by atoms with Crippen molar-refractivity contribution in [2.45, 2.75) is 50.2 Å². The van der Waals surface area contributed by atoms with E-state index in [1.54, 1.807) is 11.3 Å². The van der Waals surface area contributed by atoms with Crippen LogP contribution in [-0.4, -0.2) is 51.0 Å². The SMILES string of the molecule is Cc1ccc(-n2c(SCC(=O)N3CCCC3c3cccs3)nnc2N2CCCCC2)cc1. The van der Waals surface area contributed by atoms with Gasteiger partial charge in [-0.3, -0.25) is 9.36 Å². The van der Waals surface area contributed by atoms with Gasteiger partial charge in [-0.1, -0.05) is 35.5 Å². The summed E-state index contributed by atoms with van der Waals surface area (Å²) < 4.78 is 2.13. The summed E-state index contributed by atoms with van der Waals surface area (Å²) in [7, 11) is 0. The van der Waals surface area contributed by atoms with Crippen LogP contribution < -0.4 is 4.90 Å². The van der Waals surface area contributed by atoms with E-state index in [1.165, 1.54) is 41.5 Å². The van der Waals surface area contributed by atoms with Gasteiger partial charge in [-0.2, -0.15) is 0 Å². The Labute approximate surface area is 197 Å². The van der Waals surface area contributed by atoms with E-state index in [0.717, 1.165) is 49.3 Å². The second kappa shape index (κ2) is 9.67. The topological polar surface area (TPSA) is 54.3 Å². The van der Waals surface area contributed by atoms with Crippen LogP contribution in [0.25, 0.3) is 5.69 Å². The number of anilines is 1. The number of thiophene rings is 1. The molecule has 0 N–H and O–H groups in total. The number of rotatable bonds is 6. The number of thioether (sulfide) groups is 1. The van der Waals surface area contributed by atoms with Gasteiger partial charge in [-0.05, 0) is 62.6 Å². The average molecular weight is 468 g/mol. The number of likely N-dealkylation sites (tertiary alicyclic amines) is 1. The Bertz CT molecular complexity index is 1040. The van der Waals surface area contributed by atoms with E-state index < -0.39 is 0 Å². The number of piperidine rings is 1. The van der Waals surface area contributed by atoms with Crippen molar-refractivity contribution in [2.75, 3.05) is 30.3 Å². The molecule has 0 saturated carbocycles. The van der Waals surface area contributed by atoms with E-state index >= 15 is 0 Å². The van der Waals surface area contributed by atoms with Crippen molar-refractivity contribution < 1.29 is 4.79 Å². The molecule has 0 bridgehead atoms. The summed E-state index contributed by atoms with van der Waals surface area (Å²) >= 11 is 3.24. The van der Waals surface area contributed by atoms with E-state index in [0.29, 0.717) is 5.75 Å². The second-order valence-corrected chi connectivity index (χ2v) is 10.5. The second-order valence-electron chi connectivity index (χ2n) is 8.55. The molecule has 168 valence electrons. The summed E-state index contributed by atoms with van der Waals surface area (Å²) in [5, 5.41) is 12.0. The Balaban J connectivity index is 1.36. The van der Waals surface area contributed by atoms with Crippen molar-refractivity contribution in [1.82, 2.24) is 19.7 Å². The van der Waals surface area contributed by atoms with Gasteiger partial charge in [0.15, 0.2) is 5.16 Å². The van der Waals surface area contributed by atoms with Crippen molar-refractivity contribution in [3.05, 3.63) is 52.2 Å². The van der Waals surface area contributed by atoms with E-state index in [9.17, 15) is 4.79 Å². The van der Waals surface area contributed by atoms with Crippen molar-refractivity contribution in [2.24, 2.45) is 0 Å². The van der Waals surface area contributed by atoms with Crippen LogP contribution in [0.15, 0.2) is 46.9 Å². The van der Waals surface area contributed by atoms with E-state index in [1.807, 2.05) is 0 Å². The van der Waals surface area contributed by atoms with Gasteiger partial charge in [-0.25, -0.2) is 0 Å². The Morgan fingerprint density at radius 3 is 2.62 bits per heavy atom. The largest absolute Gasteiger partial charge is 0.341 e. The Hall–Kier alpha value is -2.32. The fourth-order valence-corrected chi connectivity index (χ4v) is 6.33. The minimum Gasteiger partial charge on any atom is -0.341 e. The lowest BCUT2D eigenvalue weighted by Crippen LogP contribution is -2.32. The summed E-state index contributed by atoms with van der Waals surface area (Å²) in [5.41, 5.74) is 2.27. The normalized spacial score (nSPS) is 19.0. The molecule has 5 rings (SSSR count). The maximum absolute atomic E-state index is 13.2. The minimum atomic E-state index is 0.184. The van der Waals surface area contributed by atoms with Gasteiger partial charge in [0.1, 0.15) is 0 Å². The van der Waals surface area contributed by atoms with Crippen LogP contribution in [0.1, 0.15) is 48.6 Å². The molecule has 1 unspecified atom stereocenters. The highest BCUT2D eigenvalue weighted by Crippen LogP contribution is 2.35. The van der Waals surface area contributed by atoms with Crippen molar-refractivity contribution >= 4 is 35.0 Å². The molecule has 0 spiro atoms. The number of nitrogens with zero attached hydrogens (tertiary/aromatic N) is 5. The van der Waals surface area contributed by atoms with Crippen molar-refractivity contribution in [3.63, 3.8) is 0 Å². The van der Waals surface area contributed by atoms with Crippen molar-refractivity contribution in [3.8, 4) is 5.69 Å². The van der Waals surface area contributed by atoms with E-state index in [-0.39, 0.29) is 11.9 Å². The first kappa shape index (κ1) is 21.5. The fraction of sp³-hybridized carbons (Fsp3) is 0.458. The van der Waals surface area contributed by atoms with Crippen molar-refractivity contribution in [1.29, 1.82) is 0 Å². The average Bonchev–Trinajstić information content (AvgIpc) is 3.59. The van der Waals surface area contributed by atoms with Gasteiger partial charge >= 0.3 is 0 Å². The number of hydrogen-bond donors (Lipinski definition) is 0. The van der Waals surface area contributed by atoms with E-state index in [4.69, 9.17) is 0 Å². The predicted octanol–water partition coefficient (Wildman–Crippen LogP) is 5.08. The highest BCUT2D eigenvalue weighted by molar-refractivity contribution is 7.99. The monoisotopic (exact) mass is 467 g/mol. The number of carbonyl (C=O) groups is 1. The number of aromatic nitrogens is 3. The molecule has 0 radical (unpaired) electrons. The molecule has 1 amide bonds. The van der Waals surface area contributed by atoms with Gasteiger partial charge in [0.2, 0.25) is 11.9 Å². The van der Waals surface area contributed by atoms with Crippen LogP contribution in [0.3, 0.4) is 0 Å². The van der Waals surface area contributed by atoms with Crippen LogP contribution >= 0.6 is 23.1 Å². The Morgan fingerprint density at radius 2 is 1.88 bits per heavy atom. The zero-order chi connectivity index (χ0) is 21.9. The molecule has 6 nitrogen and oxygen atoms in total. The highest BCUT2D eigenvalue weighted by Gasteiger charge is 2.31. The maximum Gasteiger partial charge on any atom is 0.233 e. The molecule has 3 aromatic rings. The first-order valence-electron chi connectivity index (χ1n) is 11.4. The molecule has 2 aromatic heterocycles. The Kier molecular flexibility index (Phi) is 6.50. The molecule has 2 saturated heterocycles. The van der Waals surface area contributed by atoms with Gasteiger partial charge in [0, 0.05) is 24.5 Å². The first-order chi connectivity index (χ1) is 15.7. The fourth-order valence-electron chi connectivity index (χ4n) is 4.63. The summed E-state index contributed by atoms with van der Waals surface area (Å²) in [6, 6.07) is 12.9. The molecule has 2 fully saturated rings. The number of hydrogen-bond acceptors (Lipinski definition) is 6. The summed E-state index contributed by atoms with van der Waals surface area (Å²) in [5.74, 6) is 1.45. The molecule has 1 aromatic carbocycles. The van der Waals surface area contributed by atoms with Gasteiger partial charge < -0.3 is 9.80 Å². The Morgan fingerprint density at radius 1 is 1.06 bits per heavy atom. The molecule has 1 atom stereocenters. The molecule has 0 aliphatic carbocycles. The third-order valence-corrected chi connectivity index (χ3v) is 8.20. The summed E-state index contributed by atoms with van der Waals surface area (Å²) in [6.07, 6.45) is 5.75. The highest BCUT2D eigenvalue weighted by atomic mass is 32.2. The zero-order valence-corrected chi connectivity index (χ0v) is 20.1. The lowest BCUT2D eigenvalue weighted by atomic mass is 10.1. The molecule has 2 aliphatic heterocycles. The maximum atomic E-state index is 13.2. The molecule has 4 heterocycles. The summed E-state index contributed by atoms with van der Waals surface area (Å²) in [6.45, 7) is 4.94. The van der Waals surface area contributed by atoms with Gasteiger partial charge in [0.05, 0.1) is 17.5 Å². The molecule has 32 heavy (non-hydrogen) atoms. The van der Waals surface area contributed by atoms with Crippen LogP contribution in [0.2, 0.25) is 0 Å². The van der Waals surface area contributed by atoms with Crippen LogP contribution in [0.5, 0.6) is 0 Å². The minimum absolute atomic E-state index is 0.184. The molecular weight excluding hydrogens is 438 g/mol. The first-order valence-corrected chi connectivity index (χ1v) is 13.3. The van der Waals surface area contributed by atoms with Crippen LogP contribution in [0.4, 0.5) is 5.95 Å². The molecule has 2 aliphatic rings. The quantitative estimate of drug-likeness (QED) is 0.473. The van der Waals surface area contributed by atoms with Gasteiger partial charge in [0.25, 0.3) is 0 Å². The number of amides is 1. The van der Waals surface area contributed by atoms with Crippen LogP contribution in [0, 0.1) is 6.92 Å². The smallest absolute Gasteiger partial charge is 0.233 e. The summed E-state index contributed by atoms with van der Waals surface area (Å²) in [4.78, 5) is 18.8. The lowest BCUT2D eigenvalue weighted by molar-refractivity contribution is -0.129. The number of benzene rings is 1. The number of aryl methyl sites for hydroxylation is 1. The predicted molar refractivity (Wildman–Crippen MR) is 131 cm³/mol. The third kappa shape index (κ3) is 4.43. The van der Waals surface area contributed by atoms with Crippen LogP contribution in [-0.2, 0) is 4.79 Å². The third-order valence-electron chi connectivity index (χ3n) is 6.32. The lowest BCUT2D eigenvalue weighted by Gasteiger charge is -2.28. The molecular formula is C24H29N5OS2. The van der Waals surface area contributed by atoms with Gasteiger partial charge in [-0.15, -0.1) is 21.5 Å². The standard InChI is InChI=1S/C24H29N5OS2/c1-18-9-11-19(12-10-18)29-23(27-13-3-2-4-14-27)25-26-24(29)32-17-22(30)28-15-5-7-20(28)21-8-6-16-31-21/h6,8-12,16,20H,2-5,7,13-15,17H2,1H3. The van der Waals surface area contributed by atoms with E-state index in [2.05, 4.69) is 73.3 Å². The number of carbonyl (C=O) groups excluding carboxylic acids is 1. The molecule has 8 heteroatoms.